The Bertz CT molecular complexity index is 1040. The predicted molar refractivity (Wildman–Crippen MR) is 92.8 cm³/mol. The van der Waals surface area contributed by atoms with E-state index in [0.29, 0.717) is 17.5 Å². The number of aryl methyl sites for hydroxylation is 1. The number of carbonyl (C=O) groups excluding carboxylic acids is 1. The number of anilines is 1. The van der Waals surface area contributed by atoms with Gasteiger partial charge in [0.2, 0.25) is 5.91 Å². The van der Waals surface area contributed by atoms with Crippen LogP contribution in [0.25, 0.3) is 22.1 Å². The molecule has 3 heterocycles. The Morgan fingerprint density at radius 3 is 2.88 bits per heavy atom. The number of nitrogens with one attached hydrogen (secondary N) is 1. The number of oxazole rings is 1. The molecule has 7 nitrogen and oxygen atoms in total. The van der Waals surface area contributed by atoms with Crippen molar-refractivity contribution in [1.29, 1.82) is 0 Å². The summed E-state index contributed by atoms with van der Waals surface area (Å²) in [7, 11) is 0. The van der Waals surface area contributed by atoms with Crippen molar-refractivity contribution >= 4 is 22.5 Å². The van der Waals surface area contributed by atoms with Crippen LogP contribution >= 0.6 is 0 Å². The minimum absolute atomic E-state index is 0.160. The molecule has 0 atom stereocenters. The summed E-state index contributed by atoms with van der Waals surface area (Å²) >= 11 is 0. The minimum Gasteiger partial charge on any atom is -0.441 e. The molecule has 25 heavy (non-hydrogen) atoms. The lowest BCUT2D eigenvalue weighted by atomic mass is 10.1. The molecule has 1 aromatic carbocycles. The zero-order valence-electron chi connectivity index (χ0n) is 13.5. The van der Waals surface area contributed by atoms with E-state index in [1.54, 1.807) is 35.7 Å². The van der Waals surface area contributed by atoms with Crippen LogP contribution in [0.1, 0.15) is 5.89 Å². The van der Waals surface area contributed by atoms with Gasteiger partial charge in [-0.05, 0) is 17.5 Å². The van der Waals surface area contributed by atoms with E-state index >= 15 is 0 Å². The number of fused-ring (bicyclic) bond motifs is 1. The molecule has 124 valence electrons. The Morgan fingerprint density at radius 1 is 1.20 bits per heavy atom. The zero-order chi connectivity index (χ0) is 17.2. The second-order valence-electron chi connectivity index (χ2n) is 5.66. The Kier molecular flexibility index (Phi) is 3.74. The fourth-order valence-corrected chi connectivity index (χ4v) is 2.59. The summed E-state index contributed by atoms with van der Waals surface area (Å²) in [5, 5.41) is 4.74. The van der Waals surface area contributed by atoms with Crippen LogP contribution in [0.15, 0.2) is 59.8 Å². The van der Waals surface area contributed by atoms with E-state index in [9.17, 15) is 4.79 Å². The first kappa shape index (κ1) is 15.1. The molecule has 0 aliphatic carbocycles. The molecular formula is C18H15N5O2. The van der Waals surface area contributed by atoms with E-state index < -0.39 is 0 Å². The highest BCUT2D eigenvalue weighted by Crippen LogP contribution is 2.26. The molecule has 1 N–H and O–H groups in total. The molecule has 4 aromatic rings. The Balaban J connectivity index is 1.59. The predicted octanol–water partition coefficient (Wildman–Crippen LogP) is 3.03. The summed E-state index contributed by atoms with van der Waals surface area (Å²) in [6.07, 6.45) is 8.40. The highest BCUT2D eigenvalue weighted by Gasteiger charge is 2.08. The van der Waals surface area contributed by atoms with E-state index in [4.69, 9.17) is 4.42 Å². The fourth-order valence-electron chi connectivity index (χ4n) is 2.59. The monoisotopic (exact) mass is 333 g/mol. The van der Waals surface area contributed by atoms with Gasteiger partial charge in [-0.25, -0.2) is 15.0 Å². The van der Waals surface area contributed by atoms with E-state index in [1.807, 2.05) is 31.2 Å². The van der Waals surface area contributed by atoms with Gasteiger partial charge < -0.3 is 14.3 Å². The largest absolute Gasteiger partial charge is 0.441 e. The number of imidazole rings is 1. The van der Waals surface area contributed by atoms with Crippen molar-refractivity contribution in [2.45, 2.75) is 13.5 Å². The lowest BCUT2D eigenvalue weighted by molar-refractivity contribution is -0.116. The molecule has 0 fully saturated rings. The summed E-state index contributed by atoms with van der Waals surface area (Å²) < 4.78 is 7.26. The van der Waals surface area contributed by atoms with Crippen LogP contribution in [0.3, 0.4) is 0 Å². The van der Waals surface area contributed by atoms with E-state index in [0.717, 1.165) is 16.3 Å². The molecule has 0 aliphatic heterocycles. The minimum atomic E-state index is -0.160. The van der Waals surface area contributed by atoms with Gasteiger partial charge in [-0.1, -0.05) is 12.1 Å². The fraction of sp³-hybridized carbons (Fsp3) is 0.111. The number of aromatic nitrogens is 4. The van der Waals surface area contributed by atoms with Crippen molar-refractivity contribution in [1.82, 2.24) is 19.5 Å². The van der Waals surface area contributed by atoms with Gasteiger partial charge in [-0.15, -0.1) is 0 Å². The molecule has 0 bridgehead atoms. The molecule has 0 radical (unpaired) electrons. The van der Waals surface area contributed by atoms with Crippen LogP contribution in [-0.4, -0.2) is 25.4 Å². The van der Waals surface area contributed by atoms with Crippen molar-refractivity contribution in [3.63, 3.8) is 0 Å². The van der Waals surface area contributed by atoms with E-state index in [2.05, 4.69) is 20.3 Å². The van der Waals surface area contributed by atoms with Gasteiger partial charge in [-0.3, -0.25) is 4.79 Å². The number of benzene rings is 1. The van der Waals surface area contributed by atoms with Crippen molar-refractivity contribution < 1.29 is 9.21 Å². The number of carbonyl (C=O) groups is 1. The number of rotatable bonds is 4. The molecular weight excluding hydrogens is 318 g/mol. The maximum Gasteiger partial charge on any atom is 0.245 e. The summed E-state index contributed by atoms with van der Waals surface area (Å²) in [6, 6.07) is 7.75. The Labute approximate surface area is 143 Å². The van der Waals surface area contributed by atoms with Gasteiger partial charge in [0.05, 0.1) is 12.5 Å². The van der Waals surface area contributed by atoms with Crippen molar-refractivity contribution in [3.8, 4) is 11.3 Å². The van der Waals surface area contributed by atoms with Gasteiger partial charge in [-0.2, -0.15) is 0 Å². The van der Waals surface area contributed by atoms with Gasteiger partial charge in [0.1, 0.15) is 12.4 Å². The number of pyridine rings is 1. The van der Waals surface area contributed by atoms with Crippen LogP contribution in [0.2, 0.25) is 0 Å². The average molecular weight is 333 g/mol. The van der Waals surface area contributed by atoms with Crippen molar-refractivity contribution in [2.24, 2.45) is 0 Å². The quantitative estimate of drug-likeness (QED) is 0.620. The van der Waals surface area contributed by atoms with Crippen LogP contribution in [0.5, 0.6) is 0 Å². The topological polar surface area (TPSA) is 85.8 Å². The number of amides is 1. The molecule has 7 heteroatoms. The molecule has 0 aliphatic rings. The van der Waals surface area contributed by atoms with Crippen LogP contribution in [0, 0.1) is 6.92 Å². The van der Waals surface area contributed by atoms with Gasteiger partial charge in [0, 0.05) is 36.5 Å². The zero-order valence-corrected chi connectivity index (χ0v) is 13.5. The molecule has 0 unspecified atom stereocenters. The maximum absolute atomic E-state index is 12.1. The molecule has 1 amide bonds. The van der Waals surface area contributed by atoms with E-state index in [-0.39, 0.29) is 12.5 Å². The van der Waals surface area contributed by atoms with Crippen LogP contribution in [-0.2, 0) is 11.3 Å². The summed E-state index contributed by atoms with van der Waals surface area (Å²) in [4.78, 5) is 24.4. The third kappa shape index (κ3) is 3.25. The van der Waals surface area contributed by atoms with E-state index in [1.165, 1.54) is 0 Å². The summed E-state index contributed by atoms with van der Waals surface area (Å²) in [5.74, 6) is 1.68. The third-order valence-corrected chi connectivity index (χ3v) is 3.78. The third-order valence-electron chi connectivity index (χ3n) is 3.78. The van der Waals surface area contributed by atoms with Gasteiger partial charge >= 0.3 is 0 Å². The van der Waals surface area contributed by atoms with Crippen molar-refractivity contribution in [2.75, 3.05) is 5.32 Å². The summed E-state index contributed by atoms with van der Waals surface area (Å²) in [5.41, 5.74) is 0.926. The lowest BCUT2D eigenvalue weighted by Gasteiger charge is -2.07. The molecule has 0 saturated heterocycles. The Hall–Kier alpha value is -3.48. The average Bonchev–Trinajstić information content (AvgIpc) is 3.26. The second kappa shape index (κ2) is 6.20. The first-order valence-corrected chi connectivity index (χ1v) is 7.75. The molecule has 4 rings (SSSR count). The highest BCUT2D eigenvalue weighted by atomic mass is 16.4. The SMILES string of the molecule is Cc1ncc(-c2ccc3cnc(NC(=O)Cn4ccnc4)cc3c2)o1. The maximum atomic E-state index is 12.1. The van der Waals surface area contributed by atoms with Crippen LogP contribution < -0.4 is 5.32 Å². The highest BCUT2D eigenvalue weighted by molar-refractivity contribution is 5.93. The first-order chi connectivity index (χ1) is 12.2. The smallest absolute Gasteiger partial charge is 0.245 e. The summed E-state index contributed by atoms with van der Waals surface area (Å²) in [6.45, 7) is 2.00. The number of hydrogen-bond acceptors (Lipinski definition) is 5. The second-order valence-corrected chi connectivity index (χ2v) is 5.66. The van der Waals surface area contributed by atoms with Gasteiger partial charge in [0.15, 0.2) is 11.7 Å². The molecule has 0 saturated carbocycles. The number of hydrogen-bond donors (Lipinski definition) is 1. The Morgan fingerprint density at radius 2 is 2.12 bits per heavy atom. The molecule has 3 aromatic heterocycles. The standard InChI is InChI=1S/C18H15N5O2/c1-12-20-9-16(25-12)13-2-3-14-8-21-17(7-15(14)6-13)22-18(24)10-23-5-4-19-11-23/h2-9,11H,10H2,1H3,(H,21,22,24). The normalized spacial score (nSPS) is 10.9. The lowest BCUT2D eigenvalue weighted by Crippen LogP contribution is -2.18. The molecule has 0 spiro atoms. The first-order valence-electron chi connectivity index (χ1n) is 7.75. The number of nitrogens with zero attached hydrogens (tertiary/aromatic N) is 4. The van der Waals surface area contributed by atoms with Gasteiger partial charge in [0.25, 0.3) is 0 Å². The van der Waals surface area contributed by atoms with Crippen molar-refractivity contribution in [3.05, 3.63) is 61.3 Å². The van der Waals surface area contributed by atoms with Crippen LogP contribution in [0.4, 0.5) is 5.82 Å².